The number of nitrogens with zero attached hydrogens (tertiary/aromatic N) is 3. The SMILES string of the molecule is CN=C(NCCCn1cccn1)NCc1cc(Cl)cc(Cl)c1OC(F)F. The number of hydrogen-bond acceptors (Lipinski definition) is 3. The third-order valence-electron chi connectivity index (χ3n) is 3.38. The van der Waals surface area contributed by atoms with Gasteiger partial charge in [0.15, 0.2) is 5.96 Å². The fourth-order valence-electron chi connectivity index (χ4n) is 2.25. The summed E-state index contributed by atoms with van der Waals surface area (Å²) in [6.45, 7) is -1.38. The van der Waals surface area contributed by atoms with E-state index >= 15 is 0 Å². The fourth-order valence-corrected chi connectivity index (χ4v) is 2.83. The average molecular weight is 406 g/mol. The number of alkyl halides is 2. The molecular weight excluding hydrogens is 387 g/mol. The lowest BCUT2D eigenvalue weighted by atomic mass is 10.2. The first-order chi connectivity index (χ1) is 12.5. The number of halogens is 4. The Balaban J connectivity index is 1.89. The van der Waals surface area contributed by atoms with Crippen LogP contribution in [0.5, 0.6) is 5.75 Å². The number of hydrogen-bond donors (Lipinski definition) is 2. The Bertz CT molecular complexity index is 726. The van der Waals surface area contributed by atoms with Crippen molar-refractivity contribution < 1.29 is 13.5 Å². The lowest BCUT2D eigenvalue weighted by molar-refractivity contribution is -0.0504. The molecule has 26 heavy (non-hydrogen) atoms. The van der Waals surface area contributed by atoms with Crippen molar-refractivity contribution in [2.45, 2.75) is 26.1 Å². The van der Waals surface area contributed by atoms with Crippen LogP contribution in [-0.2, 0) is 13.1 Å². The van der Waals surface area contributed by atoms with Crippen LogP contribution in [0.25, 0.3) is 0 Å². The second-order valence-corrected chi connectivity index (χ2v) is 6.07. The summed E-state index contributed by atoms with van der Waals surface area (Å²) >= 11 is 11.9. The molecule has 0 spiro atoms. The molecule has 6 nitrogen and oxygen atoms in total. The van der Waals surface area contributed by atoms with Gasteiger partial charge in [0.2, 0.25) is 0 Å². The van der Waals surface area contributed by atoms with Crippen LogP contribution in [0.3, 0.4) is 0 Å². The van der Waals surface area contributed by atoms with Gasteiger partial charge in [-0.2, -0.15) is 13.9 Å². The molecule has 0 unspecified atom stereocenters. The van der Waals surface area contributed by atoms with Gasteiger partial charge in [0.05, 0.1) is 5.02 Å². The second-order valence-electron chi connectivity index (χ2n) is 5.23. The minimum Gasteiger partial charge on any atom is -0.433 e. The Morgan fingerprint density at radius 3 is 2.81 bits per heavy atom. The predicted molar refractivity (Wildman–Crippen MR) is 98.1 cm³/mol. The number of aliphatic imine (C=N–C) groups is 1. The maximum absolute atomic E-state index is 12.6. The number of guanidine groups is 1. The van der Waals surface area contributed by atoms with E-state index < -0.39 is 6.61 Å². The van der Waals surface area contributed by atoms with Gasteiger partial charge in [-0.25, -0.2) is 0 Å². The van der Waals surface area contributed by atoms with Gasteiger partial charge >= 0.3 is 6.61 Å². The van der Waals surface area contributed by atoms with Crippen LogP contribution in [0.15, 0.2) is 35.6 Å². The molecule has 0 fully saturated rings. The molecule has 0 bridgehead atoms. The van der Waals surface area contributed by atoms with Crippen LogP contribution >= 0.6 is 23.2 Å². The topological polar surface area (TPSA) is 63.5 Å². The summed E-state index contributed by atoms with van der Waals surface area (Å²) in [5.74, 6) is 0.414. The highest BCUT2D eigenvalue weighted by Crippen LogP contribution is 2.33. The molecule has 0 aliphatic heterocycles. The number of ether oxygens (including phenoxy) is 1. The van der Waals surface area contributed by atoms with Gasteiger partial charge in [0, 0.05) is 49.7 Å². The van der Waals surface area contributed by atoms with Crippen molar-refractivity contribution in [1.29, 1.82) is 0 Å². The summed E-state index contributed by atoms with van der Waals surface area (Å²) in [6.07, 6.45) is 4.45. The molecule has 0 radical (unpaired) electrons. The summed E-state index contributed by atoms with van der Waals surface area (Å²) in [6, 6.07) is 4.74. The summed E-state index contributed by atoms with van der Waals surface area (Å²) in [5, 5.41) is 10.6. The van der Waals surface area contributed by atoms with E-state index in [1.807, 2.05) is 16.9 Å². The molecule has 0 aliphatic carbocycles. The van der Waals surface area contributed by atoms with Gasteiger partial charge in [-0.1, -0.05) is 23.2 Å². The zero-order valence-corrected chi connectivity index (χ0v) is 15.6. The minimum atomic E-state index is -2.98. The molecule has 142 valence electrons. The lowest BCUT2D eigenvalue weighted by Crippen LogP contribution is -2.37. The summed E-state index contributed by atoms with van der Waals surface area (Å²) in [7, 11) is 1.62. The van der Waals surface area contributed by atoms with Crippen molar-refractivity contribution in [3.8, 4) is 5.75 Å². The van der Waals surface area contributed by atoms with E-state index in [2.05, 4.69) is 25.5 Å². The van der Waals surface area contributed by atoms with Crippen LogP contribution in [0.2, 0.25) is 10.0 Å². The van der Waals surface area contributed by atoms with Gasteiger partial charge in [0.1, 0.15) is 5.75 Å². The molecule has 1 heterocycles. The Morgan fingerprint density at radius 2 is 2.15 bits per heavy atom. The maximum Gasteiger partial charge on any atom is 0.387 e. The molecule has 2 rings (SSSR count). The Hall–Kier alpha value is -2.06. The van der Waals surface area contributed by atoms with Crippen molar-refractivity contribution in [2.75, 3.05) is 13.6 Å². The van der Waals surface area contributed by atoms with E-state index in [0.29, 0.717) is 23.1 Å². The molecular formula is C16H19Cl2F2N5O. The van der Waals surface area contributed by atoms with Gasteiger partial charge in [-0.15, -0.1) is 0 Å². The van der Waals surface area contributed by atoms with Crippen LogP contribution < -0.4 is 15.4 Å². The number of rotatable bonds is 8. The first-order valence-corrected chi connectivity index (χ1v) is 8.60. The maximum atomic E-state index is 12.6. The summed E-state index contributed by atoms with van der Waals surface area (Å²) < 4.78 is 31.5. The van der Waals surface area contributed by atoms with E-state index in [4.69, 9.17) is 23.2 Å². The van der Waals surface area contributed by atoms with E-state index in [-0.39, 0.29) is 17.3 Å². The van der Waals surface area contributed by atoms with Crippen molar-refractivity contribution >= 4 is 29.2 Å². The van der Waals surface area contributed by atoms with E-state index in [9.17, 15) is 8.78 Å². The van der Waals surface area contributed by atoms with Crippen molar-refractivity contribution in [3.05, 3.63) is 46.2 Å². The first kappa shape index (κ1) is 20.3. The normalized spacial score (nSPS) is 11.7. The molecule has 0 atom stereocenters. The molecule has 10 heteroatoms. The summed E-state index contributed by atoms with van der Waals surface area (Å²) in [5.41, 5.74) is 0.405. The standard InChI is InChI=1S/C16H19Cl2F2N5O/c1-21-16(22-4-2-6-25-7-3-5-24-25)23-10-11-8-12(17)9-13(18)14(11)26-15(19)20/h3,5,7-9,15H,2,4,6,10H2,1H3,(H2,21,22,23). The van der Waals surface area contributed by atoms with Crippen LogP contribution in [0, 0.1) is 0 Å². The van der Waals surface area contributed by atoms with E-state index in [1.54, 1.807) is 13.2 Å². The van der Waals surface area contributed by atoms with Crippen LogP contribution in [-0.4, -0.2) is 35.9 Å². The van der Waals surface area contributed by atoms with Crippen LogP contribution in [0.1, 0.15) is 12.0 Å². The lowest BCUT2D eigenvalue weighted by Gasteiger charge is -2.16. The largest absolute Gasteiger partial charge is 0.433 e. The van der Waals surface area contributed by atoms with Crippen LogP contribution in [0.4, 0.5) is 8.78 Å². The first-order valence-electron chi connectivity index (χ1n) is 7.84. The molecule has 0 saturated heterocycles. The van der Waals surface area contributed by atoms with Crippen molar-refractivity contribution in [3.63, 3.8) is 0 Å². The number of nitrogens with one attached hydrogen (secondary N) is 2. The molecule has 1 aromatic carbocycles. The number of benzene rings is 1. The quantitative estimate of drug-likeness (QED) is 0.400. The summed E-state index contributed by atoms with van der Waals surface area (Å²) in [4.78, 5) is 4.09. The number of aryl methyl sites for hydroxylation is 1. The molecule has 0 amide bonds. The average Bonchev–Trinajstić information content (AvgIpc) is 3.10. The van der Waals surface area contributed by atoms with Gasteiger partial charge in [-0.05, 0) is 24.6 Å². The molecule has 2 N–H and O–H groups in total. The Labute approximate surface area is 160 Å². The Kier molecular flexibility index (Phi) is 7.93. The third kappa shape index (κ3) is 6.34. The second kappa shape index (κ2) is 10.2. The van der Waals surface area contributed by atoms with Gasteiger partial charge in [0.25, 0.3) is 0 Å². The van der Waals surface area contributed by atoms with Gasteiger partial charge < -0.3 is 15.4 Å². The van der Waals surface area contributed by atoms with E-state index in [1.165, 1.54) is 12.1 Å². The highest BCUT2D eigenvalue weighted by Gasteiger charge is 2.15. The smallest absolute Gasteiger partial charge is 0.387 e. The molecule has 1 aromatic heterocycles. The number of aromatic nitrogens is 2. The minimum absolute atomic E-state index is 0.0248. The monoisotopic (exact) mass is 405 g/mol. The van der Waals surface area contributed by atoms with Crippen molar-refractivity contribution in [2.24, 2.45) is 4.99 Å². The predicted octanol–water partition coefficient (Wildman–Crippen LogP) is 3.55. The van der Waals surface area contributed by atoms with Crippen molar-refractivity contribution in [1.82, 2.24) is 20.4 Å². The highest BCUT2D eigenvalue weighted by molar-refractivity contribution is 6.35. The zero-order valence-electron chi connectivity index (χ0n) is 14.1. The molecule has 0 saturated carbocycles. The fraction of sp³-hybridized carbons (Fsp3) is 0.375. The van der Waals surface area contributed by atoms with Gasteiger partial charge in [-0.3, -0.25) is 9.67 Å². The highest BCUT2D eigenvalue weighted by atomic mass is 35.5. The van der Waals surface area contributed by atoms with E-state index in [0.717, 1.165) is 13.0 Å². The molecule has 0 aliphatic rings. The zero-order chi connectivity index (χ0) is 18.9. The Morgan fingerprint density at radius 1 is 1.35 bits per heavy atom. The molecule has 2 aromatic rings. The third-order valence-corrected chi connectivity index (χ3v) is 3.88.